The quantitative estimate of drug-likeness (QED) is 0.743. The number of rotatable bonds is 3. The number of aromatic nitrogens is 2. The molecule has 17 heavy (non-hydrogen) atoms. The van der Waals surface area contributed by atoms with Crippen molar-refractivity contribution in [2.45, 2.75) is 38.1 Å². The van der Waals surface area contributed by atoms with Crippen LogP contribution in [0.2, 0.25) is 0 Å². The molecule has 4 N–H and O–H groups in total. The van der Waals surface area contributed by atoms with Gasteiger partial charge < -0.3 is 16.2 Å². The number of nitrogens with two attached hydrogens (primary N) is 1. The minimum Gasteiger partial charge on any atom is -0.394 e. The van der Waals surface area contributed by atoms with Crippen LogP contribution in [0, 0.1) is 5.92 Å². The maximum atomic E-state index is 9.68. The minimum atomic E-state index is -0.250. The first-order chi connectivity index (χ1) is 8.04. The summed E-state index contributed by atoms with van der Waals surface area (Å²) >= 11 is 0. The van der Waals surface area contributed by atoms with Crippen molar-refractivity contribution >= 4 is 11.5 Å². The summed E-state index contributed by atoms with van der Waals surface area (Å²) < 4.78 is 1.69. The Morgan fingerprint density at radius 1 is 1.71 bits per heavy atom. The molecule has 96 valence electrons. The zero-order chi connectivity index (χ0) is 12.5. The molecule has 1 aromatic rings. The van der Waals surface area contributed by atoms with Gasteiger partial charge in [-0.15, -0.1) is 0 Å². The van der Waals surface area contributed by atoms with Crippen molar-refractivity contribution in [1.82, 2.24) is 9.78 Å². The lowest BCUT2D eigenvalue weighted by atomic mass is 9.77. The van der Waals surface area contributed by atoms with Crippen LogP contribution in [0.1, 0.15) is 32.6 Å². The van der Waals surface area contributed by atoms with Crippen LogP contribution in [0.15, 0.2) is 6.20 Å². The number of aliphatic hydroxyl groups excluding tert-OH is 1. The number of anilines is 2. The highest BCUT2D eigenvalue weighted by atomic mass is 16.3. The smallest absolute Gasteiger partial charge is 0.171 e. The number of nitrogens with zero attached hydrogens (tertiary/aromatic N) is 2. The van der Waals surface area contributed by atoms with Crippen molar-refractivity contribution in [3.05, 3.63) is 6.20 Å². The van der Waals surface area contributed by atoms with Gasteiger partial charge >= 0.3 is 0 Å². The molecule has 1 heterocycles. The molecule has 5 heteroatoms. The molecule has 1 aromatic heterocycles. The fourth-order valence-electron chi connectivity index (χ4n) is 2.81. The van der Waals surface area contributed by atoms with Gasteiger partial charge in [0, 0.05) is 13.2 Å². The highest BCUT2D eigenvalue weighted by molar-refractivity contribution is 5.61. The maximum Gasteiger partial charge on any atom is 0.171 e. The molecular weight excluding hydrogens is 216 g/mol. The van der Waals surface area contributed by atoms with Crippen molar-refractivity contribution in [3.63, 3.8) is 0 Å². The van der Waals surface area contributed by atoms with E-state index in [0.717, 1.165) is 19.3 Å². The van der Waals surface area contributed by atoms with E-state index < -0.39 is 0 Å². The van der Waals surface area contributed by atoms with Gasteiger partial charge in [0.05, 0.1) is 17.8 Å². The SMILES string of the molecule is CC1CCCC(CO)(Nc2nn(C)cc2N)C1. The predicted molar refractivity (Wildman–Crippen MR) is 68.7 cm³/mol. The number of hydrogen-bond acceptors (Lipinski definition) is 4. The van der Waals surface area contributed by atoms with Crippen LogP contribution < -0.4 is 11.1 Å². The third-order valence-corrected chi connectivity index (χ3v) is 3.63. The average Bonchev–Trinajstić information content (AvgIpc) is 2.57. The van der Waals surface area contributed by atoms with Crippen LogP contribution in [0.3, 0.4) is 0 Å². The van der Waals surface area contributed by atoms with E-state index in [4.69, 9.17) is 5.73 Å². The van der Waals surface area contributed by atoms with Crippen molar-refractivity contribution in [1.29, 1.82) is 0 Å². The summed E-state index contributed by atoms with van der Waals surface area (Å²) in [5, 5.41) is 17.3. The number of nitrogens with one attached hydrogen (secondary N) is 1. The standard InChI is InChI=1S/C12H22N4O/c1-9-4-3-5-12(6-9,8-17)14-11-10(13)7-16(2)15-11/h7,9,17H,3-6,8,13H2,1-2H3,(H,14,15). The van der Waals surface area contributed by atoms with Gasteiger partial charge in [0.2, 0.25) is 0 Å². The molecule has 5 nitrogen and oxygen atoms in total. The topological polar surface area (TPSA) is 76.1 Å². The largest absolute Gasteiger partial charge is 0.394 e. The van der Waals surface area contributed by atoms with Crippen LogP contribution in [0.25, 0.3) is 0 Å². The number of aliphatic hydroxyl groups is 1. The fourth-order valence-corrected chi connectivity index (χ4v) is 2.81. The van der Waals surface area contributed by atoms with Crippen LogP contribution in [0.4, 0.5) is 11.5 Å². The Morgan fingerprint density at radius 2 is 2.47 bits per heavy atom. The van der Waals surface area contributed by atoms with Crippen LogP contribution >= 0.6 is 0 Å². The van der Waals surface area contributed by atoms with E-state index in [1.807, 2.05) is 7.05 Å². The van der Waals surface area contributed by atoms with Gasteiger partial charge in [-0.3, -0.25) is 4.68 Å². The first-order valence-corrected chi connectivity index (χ1v) is 6.23. The molecular formula is C12H22N4O. The maximum absolute atomic E-state index is 9.68. The highest BCUT2D eigenvalue weighted by Crippen LogP contribution is 2.35. The molecule has 1 fully saturated rings. The third kappa shape index (κ3) is 2.54. The Morgan fingerprint density at radius 3 is 3.00 bits per heavy atom. The Hall–Kier alpha value is -1.23. The first kappa shape index (κ1) is 12.2. The van der Waals surface area contributed by atoms with Crippen molar-refractivity contribution in [3.8, 4) is 0 Å². The predicted octanol–water partition coefficient (Wildman–Crippen LogP) is 1.36. The Bertz CT molecular complexity index is 390. The number of hydrogen-bond donors (Lipinski definition) is 3. The number of aryl methyl sites for hydroxylation is 1. The van der Waals surface area contributed by atoms with Crippen molar-refractivity contribution < 1.29 is 5.11 Å². The summed E-state index contributed by atoms with van der Waals surface area (Å²) in [6.45, 7) is 2.36. The molecule has 0 amide bonds. The molecule has 0 aliphatic heterocycles. The lowest BCUT2D eigenvalue weighted by molar-refractivity contribution is 0.149. The molecule has 2 rings (SSSR count). The van der Waals surface area contributed by atoms with E-state index in [2.05, 4.69) is 17.3 Å². The third-order valence-electron chi connectivity index (χ3n) is 3.63. The van der Waals surface area contributed by atoms with Gasteiger partial charge in [-0.2, -0.15) is 5.10 Å². The summed E-state index contributed by atoms with van der Waals surface area (Å²) in [7, 11) is 1.84. The van der Waals surface area contributed by atoms with E-state index in [9.17, 15) is 5.11 Å². The Kier molecular flexibility index (Phi) is 3.28. The van der Waals surface area contributed by atoms with E-state index in [1.54, 1.807) is 10.9 Å². The average molecular weight is 238 g/mol. The Balaban J connectivity index is 2.16. The summed E-state index contributed by atoms with van der Waals surface area (Å²) in [5.74, 6) is 1.32. The van der Waals surface area contributed by atoms with E-state index in [1.165, 1.54) is 6.42 Å². The van der Waals surface area contributed by atoms with Gasteiger partial charge in [0.25, 0.3) is 0 Å². The lowest BCUT2D eigenvalue weighted by Gasteiger charge is -2.39. The summed E-state index contributed by atoms with van der Waals surface area (Å²) in [6.07, 6.45) is 6.10. The molecule has 1 aliphatic carbocycles. The summed E-state index contributed by atoms with van der Waals surface area (Å²) in [6, 6.07) is 0. The fraction of sp³-hybridized carbons (Fsp3) is 0.750. The molecule has 0 saturated heterocycles. The van der Waals surface area contributed by atoms with Gasteiger partial charge in [-0.25, -0.2) is 0 Å². The van der Waals surface area contributed by atoms with E-state index in [-0.39, 0.29) is 12.1 Å². The Labute approximate surface area is 102 Å². The monoisotopic (exact) mass is 238 g/mol. The second-order valence-electron chi connectivity index (χ2n) is 5.37. The lowest BCUT2D eigenvalue weighted by Crippen LogP contribution is -2.46. The first-order valence-electron chi connectivity index (χ1n) is 6.23. The van der Waals surface area contributed by atoms with Gasteiger partial charge in [-0.1, -0.05) is 19.8 Å². The minimum absolute atomic E-state index is 0.132. The summed E-state index contributed by atoms with van der Waals surface area (Å²) in [4.78, 5) is 0. The highest BCUT2D eigenvalue weighted by Gasteiger charge is 2.35. The van der Waals surface area contributed by atoms with E-state index >= 15 is 0 Å². The van der Waals surface area contributed by atoms with Crippen LogP contribution in [-0.2, 0) is 7.05 Å². The normalized spacial score (nSPS) is 29.2. The molecule has 1 aliphatic rings. The van der Waals surface area contributed by atoms with Crippen molar-refractivity contribution in [2.24, 2.45) is 13.0 Å². The molecule has 0 bridgehead atoms. The second-order valence-corrected chi connectivity index (χ2v) is 5.37. The molecule has 2 unspecified atom stereocenters. The second kappa shape index (κ2) is 4.56. The number of nitrogen functional groups attached to an aromatic ring is 1. The molecule has 1 saturated carbocycles. The molecule has 0 spiro atoms. The molecule has 2 atom stereocenters. The molecule has 0 radical (unpaired) electrons. The van der Waals surface area contributed by atoms with Crippen LogP contribution in [-0.4, -0.2) is 27.0 Å². The molecule has 0 aromatic carbocycles. The zero-order valence-corrected chi connectivity index (χ0v) is 10.6. The summed E-state index contributed by atoms with van der Waals surface area (Å²) in [5.41, 5.74) is 6.27. The zero-order valence-electron chi connectivity index (χ0n) is 10.6. The van der Waals surface area contributed by atoms with Gasteiger partial charge in [0.15, 0.2) is 5.82 Å². The van der Waals surface area contributed by atoms with E-state index in [0.29, 0.717) is 17.4 Å². The van der Waals surface area contributed by atoms with Crippen LogP contribution in [0.5, 0.6) is 0 Å². The van der Waals surface area contributed by atoms with Gasteiger partial charge in [0.1, 0.15) is 0 Å². The van der Waals surface area contributed by atoms with Crippen molar-refractivity contribution in [2.75, 3.05) is 17.7 Å². The van der Waals surface area contributed by atoms with Gasteiger partial charge in [-0.05, 0) is 18.8 Å².